The second-order valence-electron chi connectivity index (χ2n) is 5.61. The van der Waals surface area contributed by atoms with E-state index < -0.39 is 0 Å². The number of fused-ring (bicyclic) bond motifs is 1. The number of hydrogen-bond acceptors (Lipinski definition) is 2. The van der Waals surface area contributed by atoms with Crippen LogP contribution in [0.4, 0.5) is 0 Å². The van der Waals surface area contributed by atoms with Gasteiger partial charge in [0.2, 0.25) is 0 Å². The topological polar surface area (TPSA) is 35.2 Å². The zero-order valence-electron chi connectivity index (χ0n) is 11.9. The molecule has 1 aliphatic carbocycles. The van der Waals surface area contributed by atoms with Crippen molar-refractivity contribution in [3.05, 3.63) is 65.2 Å². The third-order valence-electron chi connectivity index (χ3n) is 4.22. The molecule has 0 saturated heterocycles. The van der Waals surface area contributed by atoms with Crippen molar-refractivity contribution in [3.63, 3.8) is 0 Å². The summed E-state index contributed by atoms with van der Waals surface area (Å²) >= 11 is 0. The molecule has 0 heterocycles. The molecule has 0 amide bonds. The van der Waals surface area contributed by atoms with Gasteiger partial charge in [0.15, 0.2) is 0 Å². The molecule has 2 aromatic rings. The third kappa shape index (κ3) is 2.56. The van der Waals surface area contributed by atoms with Gasteiger partial charge in [0.25, 0.3) is 0 Å². The number of hydrogen-bond donors (Lipinski definition) is 1. The Morgan fingerprint density at radius 3 is 2.70 bits per heavy atom. The number of benzene rings is 2. The molecule has 0 spiro atoms. The molecule has 2 N–H and O–H groups in total. The highest BCUT2D eigenvalue weighted by molar-refractivity contribution is 5.40. The van der Waals surface area contributed by atoms with Crippen LogP contribution >= 0.6 is 0 Å². The molecule has 2 aromatic carbocycles. The van der Waals surface area contributed by atoms with E-state index in [1.165, 1.54) is 23.1 Å². The van der Waals surface area contributed by atoms with Gasteiger partial charge in [-0.15, -0.1) is 0 Å². The second kappa shape index (κ2) is 5.68. The Morgan fingerprint density at radius 1 is 1.15 bits per heavy atom. The first kappa shape index (κ1) is 13.2. The fourth-order valence-corrected chi connectivity index (χ4v) is 3.18. The Kier molecular flexibility index (Phi) is 3.75. The largest absolute Gasteiger partial charge is 0.496 e. The Morgan fingerprint density at radius 2 is 1.90 bits per heavy atom. The summed E-state index contributed by atoms with van der Waals surface area (Å²) in [7, 11) is 1.71. The molecule has 3 rings (SSSR count). The van der Waals surface area contributed by atoms with Crippen LogP contribution in [0, 0.1) is 0 Å². The van der Waals surface area contributed by atoms with E-state index in [0.717, 1.165) is 18.6 Å². The summed E-state index contributed by atoms with van der Waals surface area (Å²) in [6.07, 6.45) is 3.10. The van der Waals surface area contributed by atoms with Crippen molar-refractivity contribution in [1.82, 2.24) is 0 Å². The van der Waals surface area contributed by atoms with Crippen LogP contribution in [0.5, 0.6) is 5.75 Å². The van der Waals surface area contributed by atoms with Crippen molar-refractivity contribution in [1.29, 1.82) is 0 Å². The van der Waals surface area contributed by atoms with E-state index in [1.54, 1.807) is 7.11 Å². The lowest BCUT2D eigenvalue weighted by molar-refractivity contribution is 0.405. The maximum Gasteiger partial charge on any atom is 0.122 e. The van der Waals surface area contributed by atoms with E-state index in [9.17, 15) is 0 Å². The number of para-hydroxylation sites is 1. The molecule has 2 unspecified atom stereocenters. The van der Waals surface area contributed by atoms with E-state index in [2.05, 4.69) is 30.3 Å². The van der Waals surface area contributed by atoms with Crippen LogP contribution in [0.3, 0.4) is 0 Å². The van der Waals surface area contributed by atoms with E-state index in [4.69, 9.17) is 10.5 Å². The third-order valence-corrected chi connectivity index (χ3v) is 4.22. The molecule has 0 fully saturated rings. The highest BCUT2D eigenvalue weighted by Gasteiger charge is 2.27. The van der Waals surface area contributed by atoms with Gasteiger partial charge >= 0.3 is 0 Å². The molecular weight excluding hydrogens is 246 g/mol. The summed E-state index contributed by atoms with van der Waals surface area (Å²) in [4.78, 5) is 0. The van der Waals surface area contributed by atoms with E-state index in [0.29, 0.717) is 5.92 Å². The van der Waals surface area contributed by atoms with Crippen LogP contribution < -0.4 is 10.5 Å². The molecule has 104 valence electrons. The normalized spacial score (nSPS) is 18.0. The molecule has 2 nitrogen and oxygen atoms in total. The zero-order valence-corrected chi connectivity index (χ0v) is 11.9. The molecule has 2 heteroatoms. The van der Waals surface area contributed by atoms with Gasteiger partial charge in [-0.3, -0.25) is 0 Å². The van der Waals surface area contributed by atoms with Gasteiger partial charge in [-0.2, -0.15) is 0 Å². The lowest BCUT2D eigenvalue weighted by atomic mass is 9.74. The predicted molar refractivity (Wildman–Crippen MR) is 82.2 cm³/mol. The van der Waals surface area contributed by atoms with Gasteiger partial charge in [0.1, 0.15) is 5.75 Å². The van der Waals surface area contributed by atoms with Crippen LogP contribution in [0.2, 0.25) is 0 Å². The zero-order chi connectivity index (χ0) is 13.9. The fourth-order valence-electron chi connectivity index (χ4n) is 3.18. The molecule has 1 aliphatic rings. The minimum atomic E-state index is 0.185. The SMILES string of the molecule is COc1ccccc1CC(N)CC1Cc2ccccc21. The van der Waals surface area contributed by atoms with Crippen molar-refractivity contribution in [2.75, 3.05) is 7.11 Å². The summed E-state index contributed by atoms with van der Waals surface area (Å²) in [5.74, 6) is 1.58. The molecule has 0 radical (unpaired) electrons. The molecule has 0 bridgehead atoms. The van der Waals surface area contributed by atoms with Gasteiger partial charge in [0, 0.05) is 6.04 Å². The Hall–Kier alpha value is -1.80. The average molecular weight is 267 g/mol. The summed E-state index contributed by atoms with van der Waals surface area (Å²) in [6, 6.07) is 17.0. The quantitative estimate of drug-likeness (QED) is 0.902. The van der Waals surface area contributed by atoms with Gasteiger partial charge < -0.3 is 10.5 Å². The fraction of sp³-hybridized carbons (Fsp3) is 0.333. The highest BCUT2D eigenvalue weighted by Crippen LogP contribution is 2.38. The number of nitrogens with two attached hydrogens (primary N) is 1. The highest BCUT2D eigenvalue weighted by atomic mass is 16.5. The second-order valence-corrected chi connectivity index (χ2v) is 5.61. The number of rotatable bonds is 5. The number of methoxy groups -OCH3 is 1. The van der Waals surface area contributed by atoms with Gasteiger partial charge in [-0.25, -0.2) is 0 Å². The lowest BCUT2D eigenvalue weighted by Crippen LogP contribution is -2.29. The summed E-state index contributed by atoms with van der Waals surface area (Å²) in [6.45, 7) is 0. The van der Waals surface area contributed by atoms with Crippen LogP contribution in [0.15, 0.2) is 48.5 Å². The first-order chi connectivity index (χ1) is 9.78. The minimum absolute atomic E-state index is 0.185. The molecule has 0 aliphatic heterocycles. The van der Waals surface area contributed by atoms with Crippen molar-refractivity contribution < 1.29 is 4.74 Å². The maximum absolute atomic E-state index is 6.34. The molecular formula is C18H21NO. The van der Waals surface area contributed by atoms with E-state index in [1.807, 2.05) is 18.2 Å². The first-order valence-corrected chi connectivity index (χ1v) is 7.23. The molecule has 0 saturated carbocycles. The van der Waals surface area contributed by atoms with Crippen molar-refractivity contribution in [2.24, 2.45) is 5.73 Å². The van der Waals surface area contributed by atoms with Crippen molar-refractivity contribution >= 4 is 0 Å². The minimum Gasteiger partial charge on any atom is -0.496 e. The smallest absolute Gasteiger partial charge is 0.122 e. The van der Waals surface area contributed by atoms with Crippen molar-refractivity contribution in [2.45, 2.75) is 31.2 Å². The average Bonchev–Trinajstić information content (AvgIpc) is 2.45. The Balaban J connectivity index is 1.62. The molecule has 0 aromatic heterocycles. The van der Waals surface area contributed by atoms with Gasteiger partial charge in [-0.1, -0.05) is 42.5 Å². The molecule has 20 heavy (non-hydrogen) atoms. The van der Waals surface area contributed by atoms with Crippen LogP contribution in [-0.2, 0) is 12.8 Å². The lowest BCUT2D eigenvalue weighted by Gasteiger charge is -2.32. The van der Waals surface area contributed by atoms with Crippen LogP contribution in [0.1, 0.15) is 29.0 Å². The van der Waals surface area contributed by atoms with E-state index >= 15 is 0 Å². The Labute approximate surface area is 120 Å². The summed E-state index contributed by atoms with van der Waals surface area (Å²) in [5.41, 5.74) is 10.5. The first-order valence-electron chi connectivity index (χ1n) is 7.23. The summed E-state index contributed by atoms with van der Waals surface area (Å²) in [5, 5.41) is 0. The van der Waals surface area contributed by atoms with E-state index in [-0.39, 0.29) is 6.04 Å². The van der Waals surface area contributed by atoms with Gasteiger partial charge in [-0.05, 0) is 47.9 Å². The molecule has 2 atom stereocenters. The Bertz CT molecular complexity index is 593. The number of ether oxygens (including phenoxy) is 1. The summed E-state index contributed by atoms with van der Waals surface area (Å²) < 4.78 is 5.39. The predicted octanol–water partition coefficient (Wildman–Crippen LogP) is 3.30. The standard InChI is InChI=1S/C18H21NO/c1-20-18-9-5-3-7-14(18)11-16(19)12-15-10-13-6-2-4-8-17(13)15/h2-9,15-16H,10-12,19H2,1H3. The van der Waals surface area contributed by atoms with Crippen molar-refractivity contribution in [3.8, 4) is 5.75 Å². The maximum atomic E-state index is 6.34. The van der Waals surface area contributed by atoms with Crippen LogP contribution in [0.25, 0.3) is 0 Å². The van der Waals surface area contributed by atoms with Gasteiger partial charge in [0.05, 0.1) is 7.11 Å². The monoisotopic (exact) mass is 267 g/mol. The van der Waals surface area contributed by atoms with Crippen LogP contribution in [-0.4, -0.2) is 13.2 Å².